The van der Waals surface area contributed by atoms with Crippen LogP contribution < -0.4 is 5.32 Å². The van der Waals surface area contributed by atoms with E-state index in [1.807, 2.05) is 6.92 Å². The van der Waals surface area contributed by atoms with Crippen LogP contribution in [0.4, 0.5) is 0 Å². The lowest BCUT2D eigenvalue weighted by Crippen LogP contribution is -2.35. The highest BCUT2D eigenvalue weighted by molar-refractivity contribution is 5.91. The number of terminal acetylenes is 1. The minimum absolute atomic E-state index is 0.0565. The van der Waals surface area contributed by atoms with Gasteiger partial charge in [-0.2, -0.15) is 0 Å². The number of rotatable bonds is 3. The fraction of sp³-hybridized carbons (Fsp3) is 0.500. The summed E-state index contributed by atoms with van der Waals surface area (Å²) >= 11 is 0. The Morgan fingerprint density at radius 3 is 3.14 bits per heavy atom. The van der Waals surface area contributed by atoms with E-state index in [4.69, 9.17) is 15.9 Å². The summed E-state index contributed by atoms with van der Waals surface area (Å²) in [5, 5.41) is 2.70. The molecule has 0 aromatic rings. The summed E-state index contributed by atoms with van der Waals surface area (Å²) in [5.74, 6) is 2.39. The number of nitrogens with one attached hydrogen (secondary N) is 1. The lowest BCUT2D eigenvalue weighted by Gasteiger charge is -2.17. The molecule has 14 heavy (non-hydrogen) atoms. The maximum Gasteiger partial charge on any atom is 0.289 e. The topological polar surface area (TPSA) is 47.6 Å². The first-order valence-electron chi connectivity index (χ1n) is 4.43. The number of hydrogen-bond donors (Lipinski definition) is 1. The van der Waals surface area contributed by atoms with Gasteiger partial charge in [-0.3, -0.25) is 4.79 Å². The number of hydrogen-bond acceptors (Lipinski definition) is 3. The molecule has 0 saturated heterocycles. The minimum Gasteiger partial charge on any atom is -0.494 e. The molecular formula is C10H13NO3. The zero-order valence-electron chi connectivity index (χ0n) is 8.08. The number of amides is 1. The average Bonchev–Trinajstić information content (AvgIpc) is 2.19. The molecule has 1 rings (SSSR count). The van der Waals surface area contributed by atoms with Crippen LogP contribution in [0.1, 0.15) is 13.3 Å². The van der Waals surface area contributed by atoms with Crippen LogP contribution in [0.25, 0.3) is 0 Å². The SMILES string of the molecule is C#CCC(C)NC(=O)C1=COCCO1. The van der Waals surface area contributed by atoms with Crippen LogP contribution in [0.15, 0.2) is 12.0 Å². The molecule has 1 aliphatic rings. The second-order valence-corrected chi connectivity index (χ2v) is 2.98. The number of ether oxygens (including phenoxy) is 2. The van der Waals surface area contributed by atoms with Crippen molar-refractivity contribution in [2.24, 2.45) is 0 Å². The summed E-state index contributed by atoms with van der Waals surface area (Å²) in [4.78, 5) is 11.4. The van der Waals surface area contributed by atoms with E-state index in [-0.39, 0.29) is 17.7 Å². The Bertz CT molecular complexity index is 278. The molecule has 0 bridgehead atoms. The van der Waals surface area contributed by atoms with Crippen LogP contribution >= 0.6 is 0 Å². The van der Waals surface area contributed by atoms with Gasteiger partial charge in [-0.05, 0) is 6.92 Å². The van der Waals surface area contributed by atoms with Crippen molar-refractivity contribution in [1.82, 2.24) is 5.32 Å². The summed E-state index contributed by atoms with van der Waals surface area (Å²) < 4.78 is 10.0. The average molecular weight is 195 g/mol. The van der Waals surface area contributed by atoms with Gasteiger partial charge in [0.2, 0.25) is 5.76 Å². The van der Waals surface area contributed by atoms with Gasteiger partial charge in [0.1, 0.15) is 19.5 Å². The Kier molecular flexibility index (Phi) is 3.86. The molecule has 1 aliphatic heterocycles. The Labute approximate surface area is 83.3 Å². The lowest BCUT2D eigenvalue weighted by molar-refractivity contribution is -0.122. The van der Waals surface area contributed by atoms with Gasteiger partial charge in [0.25, 0.3) is 5.91 Å². The van der Waals surface area contributed by atoms with E-state index in [1.165, 1.54) is 6.26 Å². The summed E-state index contributed by atoms with van der Waals surface area (Å²) in [5.41, 5.74) is 0. The van der Waals surface area contributed by atoms with E-state index in [1.54, 1.807) is 0 Å². The summed E-state index contributed by atoms with van der Waals surface area (Å²) in [7, 11) is 0. The third-order valence-corrected chi connectivity index (χ3v) is 1.67. The second-order valence-electron chi connectivity index (χ2n) is 2.98. The van der Waals surface area contributed by atoms with Gasteiger partial charge in [-0.1, -0.05) is 0 Å². The van der Waals surface area contributed by atoms with Crippen molar-refractivity contribution in [3.63, 3.8) is 0 Å². The molecule has 0 spiro atoms. The van der Waals surface area contributed by atoms with E-state index in [0.29, 0.717) is 19.6 Å². The molecule has 1 atom stereocenters. The van der Waals surface area contributed by atoms with Gasteiger partial charge < -0.3 is 14.8 Å². The molecule has 4 nitrogen and oxygen atoms in total. The molecule has 1 heterocycles. The van der Waals surface area contributed by atoms with Gasteiger partial charge in [-0.15, -0.1) is 12.3 Å². The van der Waals surface area contributed by atoms with Crippen molar-refractivity contribution < 1.29 is 14.3 Å². The van der Waals surface area contributed by atoms with Crippen LogP contribution in [0.5, 0.6) is 0 Å². The van der Waals surface area contributed by atoms with Crippen LogP contribution in [0.2, 0.25) is 0 Å². The zero-order chi connectivity index (χ0) is 10.4. The highest BCUT2D eigenvalue weighted by Gasteiger charge is 2.16. The van der Waals surface area contributed by atoms with E-state index >= 15 is 0 Å². The second kappa shape index (κ2) is 5.18. The predicted molar refractivity (Wildman–Crippen MR) is 51.0 cm³/mol. The largest absolute Gasteiger partial charge is 0.494 e. The van der Waals surface area contributed by atoms with Crippen LogP contribution in [-0.4, -0.2) is 25.2 Å². The van der Waals surface area contributed by atoms with E-state index in [2.05, 4.69) is 11.2 Å². The lowest BCUT2D eigenvalue weighted by atomic mass is 10.2. The van der Waals surface area contributed by atoms with Crippen molar-refractivity contribution in [3.05, 3.63) is 12.0 Å². The fourth-order valence-corrected chi connectivity index (χ4v) is 1.01. The normalized spacial score (nSPS) is 16.7. The quantitative estimate of drug-likeness (QED) is 0.663. The Morgan fingerprint density at radius 2 is 2.57 bits per heavy atom. The molecule has 0 aromatic carbocycles. The number of carbonyl (C=O) groups is 1. The van der Waals surface area contributed by atoms with E-state index < -0.39 is 0 Å². The molecular weight excluding hydrogens is 182 g/mol. The van der Waals surface area contributed by atoms with Crippen molar-refractivity contribution >= 4 is 5.91 Å². The highest BCUT2D eigenvalue weighted by atomic mass is 16.6. The first-order valence-corrected chi connectivity index (χ1v) is 4.43. The Hall–Kier alpha value is -1.63. The van der Waals surface area contributed by atoms with Crippen LogP contribution in [0.3, 0.4) is 0 Å². The molecule has 4 heteroatoms. The van der Waals surface area contributed by atoms with E-state index in [0.717, 1.165) is 0 Å². The van der Waals surface area contributed by atoms with Crippen molar-refractivity contribution in [1.29, 1.82) is 0 Å². The standard InChI is InChI=1S/C10H13NO3/c1-3-4-8(2)11-10(12)9-7-13-5-6-14-9/h1,7-8H,4-6H2,2H3,(H,11,12). The first kappa shape index (κ1) is 10.5. The van der Waals surface area contributed by atoms with Crippen LogP contribution in [0, 0.1) is 12.3 Å². The third kappa shape index (κ3) is 3.02. The minimum atomic E-state index is -0.285. The highest BCUT2D eigenvalue weighted by Crippen LogP contribution is 2.04. The van der Waals surface area contributed by atoms with Crippen molar-refractivity contribution in [2.45, 2.75) is 19.4 Å². The molecule has 0 radical (unpaired) electrons. The smallest absolute Gasteiger partial charge is 0.289 e. The van der Waals surface area contributed by atoms with Gasteiger partial charge in [0.05, 0.1) is 0 Å². The van der Waals surface area contributed by atoms with Crippen LogP contribution in [-0.2, 0) is 14.3 Å². The van der Waals surface area contributed by atoms with Gasteiger partial charge in [-0.25, -0.2) is 0 Å². The van der Waals surface area contributed by atoms with Gasteiger partial charge in [0, 0.05) is 12.5 Å². The maximum absolute atomic E-state index is 11.4. The zero-order valence-corrected chi connectivity index (χ0v) is 8.08. The Balaban J connectivity index is 2.41. The molecule has 0 saturated carbocycles. The molecule has 76 valence electrons. The van der Waals surface area contributed by atoms with E-state index in [9.17, 15) is 4.79 Å². The third-order valence-electron chi connectivity index (χ3n) is 1.67. The maximum atomic E-state index is 11.4. The summed E-state index contributed by atoms with van der Waals surface area (Å²) in [6, 6.07) is -0.0565. The van der Waals surface area contributed by atoms with Gasteiger partial charge >= 0.3 is 0 Å². The summed E-state index contributed by atoms with van der Waals surface area (Å²) in [6.45, 7) is 2.72. The molecule has 0 aromatic heterocycles. The predicted octanol–water partition coefficient (Wildman–Crippen LogP) is 0.403. The number of carbonyl (C=O) groups excluding carboxylic acids is 1. The van der Waals surface area contributed by atoms with Crippen molar-refractivity contribution in [3.8, 4) is 12.3 Å². The molecule has 0 aliphatic carbocycles. The molecule has 0 fully saturated rings. The Morgan fingerprint density at radius 1 is 1.79 bits per heavy atom. The monoisotopic (exact) mass is 195 g/mol. The molecule has 1 N–H and O–H groups in total. The van der Waals surface area contributed by atoms with Gasteiger partial charge in [0.15, 0.2) is 0 Å². The molecule has 1 amide bonds. The summed E-state index contributed by atoms with van der Waals surface area (Å²) in [6.07, 6.45) is 6.93. The first-order chi connectivity index (χ1) is 6.74. The van der Waals surface area contributed by atoms with Crippen molar-refractivity contribution in [2.75, 3.05) is 13.2 Å². The molecule has 1 unspecified atom stereocenters. The fourth-order valence-electron chi connectivity index (χ4n) is 1.01.